The zero-order chi connectivity index (χ0) is 21.3. The predicted octanol–water partition coefficient (Wildman–Crippen LogP) is 4.53. The van der Waals surface area contributed by atoms with Gasteiger partial charge in [-0.2, -0.15) is 0 Å². The van der Waals surface area contributed by atoms with Gasteiger partial charge in [0.25, 0.3) is 0 Å². The Morgan fingerprint density at radius 1 is 1.00 bits per heavy atom. The van der Waals surface area contributed by atoms with Crippen molar-refractivity contribution in [3.8, 4) is 11.5 Å². The Labute approximate surface area is 172 Å². The van der Waals surface area contributed by atoms with Crippen LogP contribution in [0.3, 0.4) is 0 Å². The van der Waals surface area contributed by atoms with Gasteiger partial charge in [-0.25, -0.2) is 8.42 Å². The fraction of sp³-hybridized carbons (Fsp3) is 0.318. The third kappa shape index (κ3) is 6.94. The molecule has 1 N–H and O–H groups in total. The number of hydrogen-bond acceptors (Lipinski definition) is 5. The van der Waals surface area contributed by atoms with Crippen LogP contribution in [-0.2, 0) is 10.0 Å². The highest BCUT2D eigenvalue weighted by atomic mass is 32.2. The van der Waals surface area contributed by atoms with Crippen LogP contribution in [0, 0.1) is 0 Å². The summed E-state index contributed by atoms with van der Waals surface area (Å²) in [6, 6.07) is 11.9. The van der Waals surface area contributed by atoms with Crippen LogP contribution < -0.4 is 14.2 Å². The summed E-state index contributed by atoms with van der Waals surface area (Å²) in [5.41, 5.74) is 1.71. The van der Waals surface area contributed by atoms with Crippen LogP contribution in [0.15, 0.2) is 48.5 Å². The van der Waals surface area contributed by atoms with Crippen molar-refractivity contribution in [3.05, 3.63) is 59.7 Å². The molecule has 2 aromatic carbocycles. The predicted molar refractivity (Wildman–Crippen MR) is 116 cm³/mol. The lowest BCUT2D eigenvalue weighted by atomic mass is 10.1. The molecule has 0 heterocycles. The summed E-state index contributed by atoms with van der Waals surface area (Å²) in [6.07, 6.45) is 4.09. The molecule has 0 bridgehead atoms. The second kappa shape index (κ2) is 10.7. The van der Waals surface area contributed by atoms with E-state index >= 15 is 0 Å². The van der Waals surface area contributed by atoms with Crippen molar-refractivity contribution in [2.45, 2.75) is 27.2 Å². The van der Waals surface area contributed by atoms with Gasteiger partial charge in [0.05, 0.1) is 19.0 Å². The topological polar surface area (TPSA) is 81.7 Å². The van der Waals surface area contributed by atoms with E-state index in [1.165, 1.54) is 6.08 Å². The van der Waals surface area contributed by atoms with Crippen LogP contribution in [-0.4, -0.2) is 33.2 Å². The molecule has 156 valence electrons. The molecule has 0 saturated heterocycles. The minimum atomic E-state index is -3.34. The van der Waals surface area contributed by atoms with Crippen LogP contribution in [0.1, 0.15) is 43.1 Å². The largest absolute Gasteiger partial charge is 0.490 e. The van der Waals surface area contributed by atoms with Gasteiger partial charge in [0, 0.05) is 11.3 Å². The van der Waals surface area contributed by atoms with Gasteiger partial charge in [0.2, 0.25) is 10.0 Å². The molecule has 0 radical (unpaired) electrons. The molecule has 0 aliphatic rings. The number of allylic oxidation sites excluding steroid dienone is 1. The Balaban J connectivity index is 2.10. The third-order valence-corrected chi connectivity index (χ3v) is 5.29. The van der Waals surface area contributed by atoms with E-state index < -0.39 is 10.0 Å². The molecule has 2 aromatic rings. The van der Waals surface area contributed by atoms with Crippen LogP contribution in [0.4, 0.5) is 5.69 Å². The van der Waals surface area contributed by atoms with Crippen LogP contribution in [0.5, 0.6) is 11.5 Å². The quantitative estimate of drug-likeness (QED) is 0.429. The Morgan fingerprint density at radius 2 is 1.72 bits per heavy atom. The first-order valence-electron chi connectivity index (χ1n) is 9.61. The molecular formula is C22H27NO5S. The molecular weight excluding hydrogens is 390 g/mol. The highest BCUT2D eigenvalue weighted by Gasteiger charge is 2.08. The highest BCUT2D eigenvalue weighted by molar-refractivity contribution is 7.92. The smallest absolute Gasteiger partial charge is 0.232 e. The monoisotopic (exact) mass is 417 g/mol. The van der Waals surface area contributed by atoms with Gasteiger partial charge in [-0.05, 0) is 68.3 Å². The Bertz CT molecular complexity index is 950. The molecule has 0 unspecified atom stereocenters. The second-order valence-corrected chi connectivity index (χ2v) is 8.28. The highest BCUT2D eigenvalue weighted by Crippen LogP contribution is 2.29. The van der Waals surface area contributed by atoms with E-state index in [4.69, 9.17) is 9.47 Å². The molecule has 0 amide bonds. The summed E-state index contributed by atoms with van der Waals surface area (Å²) in [5.74, 6) is 1.13. The summed E-state index contributed by atoms with van der Waals surface area (Å²) in [7, 11) is -3.34. The fourth-order valence-electron chi connectivity index (χ4n) is 2.45. The molecule has 29 heavy (non-hydrogen) atoms. The number of nitrogens with one attached hydrogen (secondary N) is 1. The van der Waals surface area contributed by atoms with Crippen molar-refractivity contribution >= 4 is 27.6 Å². The summed E-state index contributed by atoms with van der Waals surface area (Å²) in [6.45, 7) is 6.62. The van der Waals surface area contributed by atoms with Gasteiger partial charge < -0.3 is 9.47 Å². The van der Waals surface area contributed by atoms with Crippen LogP contribution in [0.2, 0.25) is 0 Å². The van der Waals surface area contributed by atoms with E-state index in [1.54, 1.807) is 37.3 Å². The summed E-state index contributed by atoms with van der Waals surface area (Å²) >= 11 is 0. The van der Waals surface area contributed by atoms with Crippen molar-refractivity contribution in [1.29, 1.82) is 0 Å². The lowest BCUT2D eigenvalue weighted by molar-refractivity contribution is 0.104. The Hall–Kier alpha value is -2.80. The molecule has 0 fully saturated rings. The SMILES string of the molecule is CCCOc1ccc(/C=C/C(=O)c2ccc(NS(=O)(=O)CC)cc2)cc1OCC. The Kier molecular flexibility index (Phi) is 8.27. The van der Waals surface area contributed by atoms with Gasteiger partial charge in [0.1, 0.15) is 0 Å². The average molecular weight is 418 g/mol. The van der Waals surface area contributed by atoms with E-state index in [2.05, 4.69) is 4.72 Å². The van der Waals surface area contributed by atoms with E-state index in [9.17, 15) is 13.2 Å². The van der Waals surface area contributed by atoms with E-state index in [0.29, 0.717) is 36.0 Å². The van der Waals surface area contributed by atoms with Crippen LogP contribution >= 0.6 is 0 Å². The lowest BCUT2D eigenvalue weighted by Crippen LogP contribution is -2.14. The molecule has 0 spiro atoms. The minimum absolute atomic E-state index is 0.0115. The zero-order valence-corrected chi connectivity index (χ0v) is 17.8. The first-order chi connectivity index (χ1) is 13.9. The summed E-state index contributed by atoms with van der Waals surface area (Å²) in [4.78, 5) is 12.4. The first kappa shape index (κ1) is 22.5. The van der Waals surface area contributed by atoms with Crippen molar-refractivity contribution in [3.63, 3.8) is 0 Å². The lowest BCUT2D eigenvalue weighted by Gasteiger charge is -2.12. The molecule has 7 heteroatoms. The van der Waals surface area contributed by atoms with Gasteiger partial charge in [-0.15, -0.1) is 0 Å². The van der Waals surface area contributed by atoms with Gasteiger partial charge in [-0.3, -0.25) is 9.52 Å². The van der Waals surface area contributed by atoms with Crippen molar-refractivity contribution in [2.24, 2.45) is 0 Å². The number of ketones is 1. The maximum absolute atomic E-state index is 12.4. The number of hydrogen-bond donors (Lipinski definition) is 1. The normalized spacial score (nSPS) is 11.4. The van der Waals surface area contributed by atoms with E-state index in [1.807, 2.05) is 32.0 Å². The number of carbonyl (C=O) groups is 1. The van der Waals surface area contributed by atoms with Crippen molar-refractivity contribution in [1.82, 2.24) is 0 Å². The first-order valence-corrected chi connectivity index (χ1v) is 11.3. The number of sulfonamides is 1. The molecule has 0 saturated carbocycles. The maximum Gasteiger partial charge on any atom is 0.232 e. The van der Waals surface area contributed by atoms with Crippen LogP contribution in [0.25, 0.3) is 6.08 Å². The zero-order valence-electron chi connectivity index (χ0n) is 17.0. The minimum Gasteiger partial charge on any atom is -0.490 e. The summed E-state index contributed by atoms with van der Waals surface area (Å²) < 4.78 is 36.9. The molecule has 0 atom stereocenters. The van der Waals surface area contributed by atoms with E-state index in [0.717, 1.165) is 12.0 Å². The molecule has 0 aliphatic heterocycles. The van der Waals surface area contributed by atoms with Gasteiger partial charge >= 0.3 is 0 Å². The van der Waals surface area contributed by atoms with Gasteiger partial charge in [-0.1, -0.05) is 19.1 Å². The Morgan fingerprint density at radius 3 is 2.34 bits per heavy atom. The number of rotatable bonds is 11. The summed E-state index contributed by atoms with van der Waals surface area (Å²) in [5, 5.41) is 0. The number of ether oxygens (including phenoxy) is 2. The average Bonchev–Trinajstić information content (AvgIpc) is 2.72. The van der Waals surface area contributed by atoms with Gasteiger partial charge in [0.15, 0.2) is 17.3 Å². The third-order valence-electron chi connectivity index (χ3n) is 3.98. The second-order valence-electron chi connectivity index (χ2n) is 6.27. The maximum atomic E-state index is 12.4. The molecule has 6 nitrogen and oxygen atoms in total. The number of carbonyl (C=O) groups excluding carboxylic acids is 1. The molecule has 0 aromatic heterocycles. The molecule has 0 aliphatic carbocycles. The molecule has 2 rings (SSSR count). The van der Waals surface area contributed by atoms with Crippen molar-refractivity contribution < 1.29 is 22.7 Å². The number of anilines is 1. The van der Waals surface area contributed by atoms with E-state index in [-0.39, 0.29) is 11.5 Å². The standard InChI is InChI=1S/C22H27NO5S/c1-4-15-28-21-14-8-17(16-22(21)27-5-2)7-13-20(24)18-9-11-19(12-10-18)23-29(25,26)6-3/h7-14,16,23H,4-6,15H2,1-3H3/b13-7+. The fourth-order valence-corrected chi connectivity index (χ4v) is 3.09. The number of benzene rings is 2. The van der Waals surface area contributed by atoms with Crippen molar-refractivity contribution in [2.75, 3.05) is 23.7 Å².